The fraction of sp³-hybridized carbons (Fsp3) is 0.294. The number of thiophene rings is 1. The molecule has 0 aliphatic heterocycles. The molecule has 0 N–H and O–H groups in total. The lowest BCUT2D eigenvalue weighted by Gasteiger charge is -2.20. The van der Waals surface area contributed by atoms with Crippen LogP contribution in [0.25, 0.3) is 0 Å². The molecule has 0 saturated heterocycles. The van der Waals surface area contributed by atoms with Gasteiger partial charge < -0.3 is 14.4 Å². The molecule has 1 heterocycles. The maximum atomic E-state index is 12.4. The third-order valence-corrected chi connectivity index (χ3v) is 4.96. The minimum atomic E-state index is -0.103. The summed E-state index contributed by atoms with van der Waals surface area (Å²) in [6.45, 7) is 3.01. The molecule has 7 heteroatoms. The number of halogens is 1. The van der Waals surface area contributed by atoms with Crippen LogP contribution in [0, 0.1) is 11.3 Å². The Morgan fingerprint density at radius 2 is 2.12 bits per heavy atom. The van der Waals surface area contributed by atoms with Crippen LogP contribution in [0.4, 0.5) is 0 Å². The Labute approximate surface area is 153 Å². The number of methoxy groups -OCH3 is 1. The van der Waals surface area contributed by atoms with E-state index in [0.717, 1.165) is 8.66 Å². The Balaban J connectivity index is 1.99. The van der Waals surface area contributed by atoms with E-state index in [1.54, 1.807) is 34.4 Å². The fourth-order valence-corrected chi connectivity index (χ4v) is 3.59. The Morgan fingerprint density at radius 1 is 1.33 bits per heavy atom. The minimum absolute atomic E-state index is 0.0807. The number of ether oxygens (including phenoxy) is 2. The zero-order valence-corrected chi connectivity index (χ0v) is 15.8. The van der Waals surface area contributed by atoms with Crippen molar-refractivity contribution >= 4 is 33.2 Å². The highest BCUT2D eigenvalue weighted by molar-refractivity contribution is 9.11. The normalized spacial score (nSPS) is 10.1. The number of hydrogen-bond acceptors (Lipinski definition) is 5. The van der Waals surface area contributed by atoms with Crippen molar-refractivity contribution in [2.24, 2.45) is 0 Å². The molecule has 0 aliphatic rings. The van der Waals surface area contributed by atoms with E-state index in [-0.39, 0.29) is 12.5 Å². The van der Waals surface area contributed by atoms with Gasteiger partial charge in [0.25, 0.3) is 5.91 Å². The van der Waals surface area contributed by atoms with Gasteiger partial charge in [-0.25, -0.2) is 0 Å². The maximum absolute atomic E-state index is 12.4. The van der Waals surface area contributed by atoms with Gasteiger partial charge in [-0.3, -0.25) is 4.79 Å². The van der Waals surface area contributed by atoms with Crippen molar-refractivity contribution in [1.29, 1.82) is 5.26 Å². The summed E-state index contributed by atoms with van der Waals surface area (Å²) in [7, 11) is 1.50. The van der Waals surface area contributed by atoms with E-state index in [0.29, 0.717) is 30.2 Å². The topological polar surface area (TPSA) is 62.6 Å². The van der Waals surface area contributed by atoms with Gasteiger partial charge in [0.15, 0.2) is 18.1 Å². The van der Waals surface area contributed by atoms with E-state index in [2.05, 4.69) is 15.9 Å². The van der Waals surface area contributed by atoms with Crippen LogP contribution in [0.15, 0.2) is 34.1 Å². The molecular weight excluding hydrogens is 392 g/mol. The van der Waals surface area contributed by atoms with Gasteiger partial charge in [0.05, 0.1) is 29.1 Å². The van der Waals surface area contributed by atoms with Gasteiger partial charge in [-0.05, 0) is 47.1 Å². The molecule has 0 saturated carbocycles. The first-order valence-electron chi connectivity index (χ1n) is 7.30. The number of nitrogens with zero attached hydrogens (tertiary/aromatic N) is 2. The van der Waals surface area contributed by atoms with Crippen LogP contribution in [0.1, 0.15) is 17.4 Å². The SMILES string of the molecule is CCN(Cc1ccc(Br)s1)C(=O)COc1ccc(C#N)cc1OC. The van der Waals surface area contributed by atoms with Crippen LogP contribution in [0.5, 0.6) is 11.5 Å². The molecular formula is C17H17BrN2O3S. The molecule has 126 valence electrons. The van der Waals surface area contributed by atoms with Gasteiger partial charge >= 0.3 is 0 Å². The molecule has 0 fully saturated rings. The lowest BCUT2D eigenvalue weighted by Crippen LogP contribution is -2.34. The molecule has 2 aromatic rings. The summed E-state index contributed by atoms with van der Waals surface area (Å²) >= 11 is 5.03. The van der Waals surface area contributed by atoms with Gasteiger partial charge in [0.2, 0.25) is 0 Å². The van der Waals surface area contributed by atoms with Crippen molar-refractivity contribution < 1.29 is 14.3 Å². The summed E-state index contributed by atoms with van der Waals surface area (Å²) < 4.78 is 11.8. The Hall–Kier alpha value is -2.04. The maximum Gasteiger partial charge on any atom is 0.260 e. The van der Waals surface area contributed by atoms with E-state index in [9.17, 15) is 4.79 Å². The van der Waals surface area contributed by atoms with Gasteiger partial charge in [0.1, 0.15) is 0 Å². The van der Waals surface area contributed by atoms with E-state index in [1.165, 1.54) is 7.11 Å². The summed E-state index contributed by atoms with van der Waals surface area (Å²) in [6, 6.07) is 10.8. The monoisotopic (exact) mass is 408 g/mol. The molecule has 0 spiro atoms. The zero-order valence-electron chi connectivity index (χ0n) is 13.4. The van der Waals surface area contributed by atoms with Crippen molar-refractivity contribution in [3.05, 3.63) is 44.6 Å². The molecule has 1 amide bonds. The fourth-order valence-electron chi connectivity index (χ4n) is 2.09. The number of benzene rings is 1. The van der Waals surface area contributed by atoms with Crippen LogP contribution in [-0.2, 0) is 11.3 Å². The number of rotatable bonds is 7. The number of carbonyl (C=O) groups excluding carboxylic acids is 1. The Kier molecular flexibility index (Phi) is 6.64. The zero-order chi connectivity index (χ0) is 17.5. The van der Waals surface area contributed by atoms with E-state index in [4.69, 9.17) is 14.7 Å². The van der Waals surface area contributed by atoms with Crippen LogP contribution >= 0.6 is 27.3 Å². The molecule has 5 nitrogen and oxygen atoms in total. The number of hydrogen-bond donors (Lipinski definition) is 0. The number of nitriles is 1. The van der Waals surface area contributed by atoms with Crippen LogP contribution in [0.2, 0.25) is 0 Å². The standard InChI is InChI=1S/C17H17BrN2O3S/c1-3-20(10-13-5-7-16(18)24-13)17(21)11-23-14-6-4-12(9-19)8-15(14)22-2/h4-8H,3,10-11H2,1-2H3. The summed E-state index contributed by atoms with van der Waals surface area (Å²) in [4.78, 5) is 15.2. The molecule has 1 aromatic heterocycles. The third-order valence-electron chi connectivity index (χ3n) is 3.35. The highest BCUT2D eigenvalue weighted by Gasteiger charge is 2.15. The van der Waals surface area contributed by atoms with E-state index < -0.39 is 0 Å². The van der Waals surface area contributed by atoms with Crippen molar-refractivity contribution in [1.82, 2.24) is 4.90 Å². The van der Waals surface area contributed by atoms with Crippen LogP contribution in [0.3, 0.4) is 0 Å². The average molecular weight is 409 g/mol. The molecule has 24 heavy (non-hydrogen) atoms. The highest BCUT2D eigenvalue weighted by Crippen LogP contribution is 2.28. The second-order valence-corrected chi connectivity index (χ2v) is 7.43. The second kappa shape index (κ2) is 8.71. The van der Waals surface area contributed by atoms with Gasteiger partial charge in [-0.15, -0.1) is 11.3 Å². The van der Waals surface area contributed by atoms with Gasteiger partial charge in [-0.2, -0.15) is 5.26 Å². The molecule has 0 aliphatic carbocycles. The van der Waals surface area contributed by atoms with Crippen LogP contribution < -0.4 is 9.47 Å². The smallest absolute Gasteiger partial charge is 0.260 e. The van der Waals surface area contributed by atoms with Crippen molar-refractivity contribution in [2.45, 2.75) is 13.5 Å². The highest BCUT2D eigenvalue weighted by atomic mass is 79.9. The first kappa shape index (κ1) is 18.3. The molecule has 1 aromatic carbocycles. The molecule has 0 bridgehead atoms. The molecule has 0 radical (unpaired) electrons. The first-order chi connectivity index (χ1) is 11.6. The lowest BCUT2D eigenvalue weighted by molar-refractivity contribution is -0.133. The summed E-state index contributed by atoms with van der Waals surface area (Å²) in [5.74, 6) is 0.778. The quantitative estimate of drug-likeness (QED) is 0.698. The van der Waals surface area contributed by atoms with E-state index >= 15 is 0 Å². The largest absolute Gasteiger partial charge is 0.493 e. The summed E-state index contributed by atoms with van der Waals surface area (Å²) in [6.07, 6.45) is 0. The predicted molar refractivity (Wildman–Crippen MR) is 96.3 cm³/mol. The van der Waals surface area contributed by atoms with Gasteiger partial charge in [0, 0.05) is 17.5 Å². The lowest BCUT2D eigenvalue weighted by atomic mass is 10.2. The van der Waals surface area contributed by atoms with Crippen molar-refractivity contribution in [2.75, 3.05) is 20.3 Å². The van der Waals surface area contributed by atoms with Crippen LogP contribution in [-0.4, -0.2) is 31.1 Å². The van der Waals surface area contributed by atoms with Gasteiger partial charge in [-0.1, -0.05) is 0 Å². The predicted octanol–water partition coefficient (Wildman–Crippen LogP) is 3.82. The van der Waals surface area contributed by atoms with Crippen molar-refractivity contribution in [3.63, 3.8) is 0 Å². The summed E-state index contributed by atoms with van der Waals surface area (Å²) in [5, 5.41) is 8.90. The molecule has 0 unspecified atom stereocenters. The molecule has 2 rings (SSSR count). The van der Waals surface area contributed by atoms with E-state index in [1.807, 2.05) is 25.1 Å². The number of carbonyl (C=O) groups is 1. The average Bonchev–Trinajstić information content (AvgIpc) is 3.02. The summed E-state index contributed by atoms with van der Waals surface area (Å²) in [5.41, 5.74) is 0.476. The molecule has 0 atom stereocenters. The Bertz CT molecular complexity index is 755. The van der Waals surface area contributed by atoms with Crippen molar-refractivity contribution in [3.8, 4) is 17.6 Å². The minimum Gasteiger partial charge on any atom is -0.493 e. The third kappa shape index (κ3) is 4.73. The number of amides is 1. The first-order valence-corrected chi connectivity index (χ1v) is 8.91. The second-order valence-electron chi connectivity index (χ2n) is 4.88. The number of likely N-dealkylation sites (N-methyl/N-ethyl adjacent to an activating group) is 1. The Morgan fingerprint density at radius 3 is 2.71 bits per heavy atom.